The normalized spacial score (nSPS) is 13.2. The van der Waals surface area contributed by atoms with Crippen LogP contribution in [0.25, 0.3) is 0 Å². The molecule has 0 heterocycles. The Morgan fingerprint density at radius 3 is 2.21 bits per heavy atom. The molecule has 1 N–H and O–H groups in total. The van der Waals surface area contributed by atoms with Gasteiger partial charge in [-0.2, -0.15) is 13.2 Å². The number of nitrogens with one attached hydrogen (secondary N) is 1. The Morgan fingerprint density at radius 2 is 1.62 bits per heavy atom. The van der Waals surface area contributed by atoms with Gasteiger partial charge in [0.2, 0.25) is 11.8 Å². The van der Waals surface area contributed by atoms with Gasteiger partial charge in [-0.1, -0.05) is 60.5 Å². The molecule has 2 unspecified atom stereocenters. The topological polar surface area (TPSA) is 86.8 Å². The second-order valence-electron chi connectivity index (χ2n) is 9.63. The molecule has 2 atom stereocenters. The average Bonchev–Trinajstić information content (AvgIpc) is 2.94. The van der Waals surface area contributed by atoms with Gasteiger partial charge in [0.05, 0.1) is 21.2 Å². The molecule has 0 saturated carbocycles. The van der Waals surface area contributed by atoms with Gasteiger partial charge in [-0.25, -0.2) is 8.42 Å². The Hall–Kier alpha value is -3.28. The first-order chi connectivity index (χ1) is 19.6. The van der Waals surface area contributed by atoms with Gasteiger partial charge in [-0.05, 0) is 68.3 Å². The van der Waals surface area contributed by atoms with Crippen LogP contribution < -0.4 is 9.62 Å². The highest BCUT2D eigenvalue weighted by molar-refractivity contribution is 7.92. The van der Waals surface area contributed by atoms with Crippen molar-refractivity contribution >= 4 is 50.7 Å². The van der Waals surface area contributed by atoms with Crippen LogP contribution in [-0.2, 0) is 32.3 Å². The van der Waals surface area contributed by atoms with Gasteiger partial charge in [0.25, 0.3) is 10.0 Å². The van der Waals surface area contributed by atoms with Gasteiger partial charge >= 0.3 is 6.18 Å². The van der Waals surface area contributed by atoms with E-state index in [0.29, 0.717) is 33.4 Å². The van der Waals surface area contributed by atoms with Crippen molar-refractivity contribution in [3.8, 4) is 0 Å². The van der Waals surface area contributed by atoms with Crippen LogP contribution >= 0.6 is 23.2 Å². The smallest absolute Gasteiger partial charge is 0.352 e. The van der Waals surface area contributed by atoms with Crippen LogP contribution in [0.1, 0.15) is 38.3 Å². The van der Waals surface area contributed by atoms with Crippen molar-refractivity contribution in [3.05, 3.63) is 94.0 Å². The van der Waals surface area contributed by atoms with Gasteiger partial charge < -0.3 is 10.2 Å². The summed E-state index contributed by atoms with van der Waals surface area (Å²) in [6, 6.07) is 14.4. The molecular formula is C29H30Cl2F3N3O4S. The van der Waals surface area contributed by atoms with Gasteiger partial charge in [-0.3, -0.25) is 13.9 Å². The van der Waals surface area contributed by atoms with Crippen LogP contribution in [0.5, 0.6) is 0 Å². The molecule has 3 aromatic carbocycles. The van der Waals surface area contributed by atoms with Gasteiger partial charge in [-0.15, -0.1) is 0 Å². The van der Waals surface area contributed by atoms with Crippen molar-refractivity contribution in [3.63, 3.8) is 0 Å². The number of carbonyl (C=O) groups is 2. The third-order valence-electron chi connectivity index (χ3n) is 6.56. The zero-order chi connectivity index (χ0) is 31.2. The molecule has 0 aromatic heterocycles. The molecule has 0 bridgehead atoms. The molecule has 0 spiro atoms. The van der Waals surface area contributed by atoms with E-state index in [1.165, 1.54) is 31.2 Å². The molecule has 0 saturated heterocycles. The second-order valence-corrected chi connectivity index (χ2v) is 12.3. The third-order valence-corrected chi connectivity index (χ3v) is 8.89. The van der Waals surface area contributed by atoms with Crippen molar-refractivity contribution in [1.82, 2.24) is 10.2 Å². The highest BCUT2D eigenvalue weighted by Gasteiger charge is 2.36. The summed E-state index contributed by atoms with van der Waals surface area (Å²) in [5, 5.41) is 2.85. The highest BCUT2D eigenvalue weighted by Crippen LogP contribution is 2.37. The first kappa shape index (κ1) is 33.2. The van der Waals surface area contributed by atoms with Crippen molar-refractivity contribution in [2.24, 2.45) is 0 Å². The minimum Gasteiger partial charge on any atom is -0.352 e. The molecule has 3 rings (SSSR count). The number of amides is 2. The molecule has 3 aromatic rings. The Morgan fingerprint density at radius 1 is 0.952 bits per heavy atom. The summed E-state index contributed by atoms with van der Waals surface area (Å²) in [6.45, 7) is 4.06. The number of rotatable bonds is 11. The summed E-state index contributed by atoms with van der Waals surface area (Å²) in [5.41, 5.74) is -1.14. The molecule has 13 heteroatoms. The third kappa shape index (κ3) is 8.17. The van der Waals surface area contributed by atoms with Crippen LogP contribution in [0.15, 0.2) is 77.7 Å². The van der Waals surface area contributed by atoms with E-state index < -0.39 is 51.9 Å². The summed E-state index contributed by atoms with van der Waals surface area (Å²) in [7, 11) is -4.60. The molecule has 7 nitrogen and oxygen atoms in total. The lowest BCUT2D eigenvalue weighted by Crippen LogP contribution is -2.52. The molecule has 0 radical (unpaired) electrons. The Balaban J connectivity index is 2.12. The fourth-order valence-corrected chi connectivity index (χ4v) is 5.92. The van der Waals surface area contributed by atoms with E-state index in [-0.39, 0.29) is 22.5 Å². The molecule has 0 aliphatic carbocycles. The maximum absolute atomic E-state index is 13.9. The Bertz CT molecular complexity index is 1520. The summed E-state index contributed by atoms with van der Waals surface area (Å²) < 4.78 is 69.1. The molecular weight excluding hydrogens is 614 g/mol. The van der Waals surface area contributed by atoms with Crippen LogP contribution in [0.3, 0.4) is 0 Å². The summed E-state index contributed by atoms with van der Waals surface area (Å²) >= 11 is 12.4. The fraction of sp³-hybridized carbons (Fsp3) is 0.310. The standard InChI is InChI=1S/C29H30Cl2F3N3O4S/c1-4-19(2)35-28(39)20(3)36(17-21-9-8-10-23(30)15-21)27(38)18-37(42(40,41)24-11-6-5-7-12-24)26-16-22(29(32,33)34)13-14-25(26)31/h5-16,19-20H,4,17-18H2,1-3H3,(H,35,39). The largest absolute Gasteiger partial charge is 0.416 e. The SMILES string of the molecule is CCC(C)NC(=O)C(C)N(Cc1cccc(Cl)c1)C(=O)CN(c1cc(C(F)(F)F)ccc1Cl)S(=O)(=O)c1ccccc1. The van der Waals surface area contributed by atoms with Crippen molar-refractivity contribution in [1.29, 1.82) is 0 Å². The number of halogens is 5. The molecule has 2 amide bonds. The Labute approximate surface area is 253 Å². The van der Waals surface area contributed by atoms with Crippen LogP contribution in [-0.4, -0.2) is 43.8 Å². The maximum atomic E-state index is 13.9. The number of hydrogen-bond donors (Lipinski definition) is 1. The van der Waals surface area contributed by atoms with Crippen LogP contribution in [0.4, 0.5) is 18.9 Å². The predicted molar refractivity (Wildman–Crippen MR) is 157 cm³/mol. The number of carbonyl (C=O) groups excluding carboxylic acids is 2. The lowest BCUT2D eigenvalue weighted by Gasteiger charge is -2.33. The fourth-order valence-electron chi connectivity index (χ4n) is 3.99. The van der Waals surface area contributed by atoms with E-state index in [0.717, 1.165) is 11.0 Å². The number of nitrogens with zero attached hydrogens (tertiary/aromatic N) is 2. The van der Waals surface area contributed by atoms with Gasteiger partial charge in [0.15, 0.2) is 0 Å². The zero-order valence-corrected chi connectivity index (χ0v) is 25.4. The minimum absolute atomic E-state index is 0.135. The predicted octanol–water partition coefficient (Wildman–Crippen LogP) is 6.54. The number of alkyl halides is 3. The van der Waals surface area contributed by atoms with E-state index in [2.05, 4.69) is 5.32 Å². The highest BCUT2D eigenvalue weighted by atomic mass is 35.5. The van der Waals surface area contributed by atoms with E-state index in [4.69, 9.17) is 23.2 Å². The molecule has 42 heavy (non-hydrogen) atoms. The van der Waals surface area contributed by atoms with Gasteiger partial charge in [0.1, 0.15) is 12.6 Å². The first-order valence-electron chi connectivity index (χ1n) is 12.9. The summed E-state index contributed by atoms with van der Waals surface area (Å²) in [5.74, 6) is -1.34. The number of benzene rings is 3. The van der Waals surface area contributed by atoms with Crippen molar-refractivity contribution in [2.75, 3.05) is 10.8 Å². The monoisotopic (exact) mass is 643 g/mol. The maximum Gasteiger partial charge on any atom is 0.416 e. The van der Waals surface area contributed by atoms with E-state index >= 15 is 0 Å². The number of sulfonamides is 1. The lowest BCUT2D eigenvalue weighted by atomic mass is 10.1. The van der Waals surface area contributed by atoms with E-state index in [1.54, 1.807) is 37.3 Å². The second kappa shape index (κ2) is 13.8. The molecule has 0 fully saturated rings. The minimum atomic E-state index is -4.81. The van der Waals surface area contributed by atoms with E-state index in [9.17, 15) is 31.2 Å². The quantitative estimate of drug-likeness (QED) is 0.257. The molecule has 0 aliphatic rings. The van der Waals surface area contributed by atoms with Gasteiger partial charge in [0, 0.05) is 17.6 Å². The first-order valence-corrected chi connectivity index (χ1v) is 15.1. The van der Waals surface area contributed by atoms with Crippen molar-refractivity contribution in [2.45, 2.75) is 56.9 Å². The summed E-state index contributed by atoms with van der Waals surface area (Å²) in [4.78, 5) is 27.9. The lowest BCUT2D eigenvalue weighted by molar-refractivity contribution is -0.139. The zero-order valence-electron chi connectivity index (χ0n) is 23.0. The Kier molecular flexibility index (Phi) is 10.9. The van der Waals surface area contributed by atoms with E-state index in [1.807, 2.05) is 6.92 Å². The summed E-state index contributed by atoms with van der Waals surface area (Å²) in [6.07, 6.45) is -4.19. The van der Waals surface area contributed by atoms with Crippen LogP contribution in [0, 0.1) is 0 Å². The number of anilines is 1. The molecule has 226 valence electrons. The molecule has 0 aliphatic heterocycles. The van der Waals surface area contributed by atoms with Crippen molar-refractivity contribution < 1.29 is 31.2 Å². The number of hydrogen-bond acceptors (Lipinski definition) is 4. The average molecular weight is 645 g/mol. The van der Waals surface area contributed by atoms with Crippen LogP contribution in [0.2, 0.25) is 10.0 Å².